The summed E-state index contributed by atoms with van der Waals surface area (Å²) in [5.74, 6) is 0. The van der Waals surface area contributed by atoms with Gasteiger partial charge < -0.3 is 37.2 Å². The van der Waals surface area contributed by atoms with Gasteiger partial charge in [0.25, 0.3) is 0 Å². The van der Waals surface area contributed by atoms with Crippen molar-refractivity contribution >= 4 is 12.4 Å². The first-order valence-electron chi connectivity index (χ1n) is 6.02. The molecule has 0 bridgehead atoms. The Morgan fingerprint density at radius 3 is 1.48 bits per heavy atom. The molecule has 0 amide bonds. The van der Waals surface area contributed by atoms with E-state index in [0.717, 1.165) is 11.4 Å². The van der Waals surface area contributed by atoms with Gasteiger partial charge in [-0.25, -0.2) is 4.98 Å². The molecule has 0 N–H and O–H groups in total. The Balaban J connectivity index is -0.000000361. The third kappa shape index (κ3) is 13.3. The monoisotopic (exact) mass is 387 g/mol. The molecule has 1 aromatic heterocycles. The molecule has 0 aliphatic carbocycles. The smallest absolute Gasteiger partial charge is 0.0818 e. The van der Waals surface area contributed by atoms with Crippen molar-refractivity contribution in [1.82, 2.24) is 4.98 Å². The number of rotatable bonds is 4. The minimum absolute atomic E-state index is 0. The molecule has 1 rings (SSSR count). The number of halogens is 3. The van der Waals surface area contributed by atoms with Crippen LogP contribution in [-0.4, -0.2) is 29.5 Å². The number of aryl methyl sites for hydroxylation is 1. The van der Waals surface area contributed by atoms with Crippen molar-refractivity contribution in [3.8, 4) is 0 Å². The molecular formula is C14H21Cl3N3V-3. The second-order valence-electron chi connectivity index (χ2n) is 4.74. The van der Waals surface area contributed by atoms with Gasteiger partial charge in [0.1, 0.15) is 0 Å². The number of nitrogens with zero attached hydrogens (tertiary/aromatic N) is 3. The maximum atomic E-state index is 4.48. The molecule has 0 aliphatic rings. The minimum Gasteiger partial charge on any atom is -1.00 e. The van der Waals surface area contributed by atoms with Crippen LogP contribution >= 0.6 is 0 Å². The first-order chi connectivity index (χ1) is 7.97. The van der Waals surface area contributed by atoms with E-state index in [4.69, 9.17) is 0 Å². The van der Waals surface area contributed by atoms with E-state index in [1.165, 1.54) is 5.56 Å². The van der Waals surface area contributed by atoms with E-state index in [9.17, 15) is 0 Å². The topological polar surface area (TPSA) is 37.6 Å². The Hall–Kier alpha value is -0.0556. The molecular weight excluding hydrogens is 367 g/mol. The van der Waals surface area contributed by atoms with Gasteiger partial charge >= 0.3 is 0 Å². The van der Waals surface area contributed by atoms with E-state index in [2.05, 4.69) is 21.9 Å². The summed E-state index contributed by atoms with van der Waals surface area (Å²) in [5.41, 5.74) is 2.96. The van der Waals surface area contributed by atoms with Gasteiger partial charge in [0, 0.05) is 43.1 Å². The molecule has 0 spiro atoms. The molecule has 0 unspecified atom stereocenters. The minimum atomic E-state index is 0. The largest absolute Gasteiger partial charge is 1.00 e. The van der Waals surface area contributed by atoms with Crippen LogP contribution in [0.25, 0.3) is 0 Å². The van der Waals surface area contributed by atoms with Crippen molar-refractivity contribution in [2.75, 3.05) is 0 Å². The molecule has 1 aromatic rings. The van der Waals surface area contributed by atoms with E-state index in [-0.39, 0.29) is 55.8 Å². The summed E-state index contributed by atoms with van der Waals surface area (Å²) in [6.45, 7) is 10.3. The fourth-order valence-corrected chi connectivity index (χ4v) is 1.30. The van der Waals surface area contributed by atoms with Gasteiger partial charge in [-0.05, 0) is 52.3 Å². The summed E-state index contributed by atoms with van der Waals surface area (Å²) in [5, 5.41) is 0. The van der Waals surface area contributed by atoms with Crippen LogP contribution in [0.15, 0.2) is 22.1 Å². The standard InChI is InChI=1S/C14H21N3.3ClH.V/c1-10(2)15-8-13-6-12(5)7-14(17-13)9-16-11(3)4;;;;/h6-11H,1-5H3;3*1H;/p-3. The van der Waals surface area contributed by atoms with Gasteiger partial charge in [-0.15, -0.1) is 0 Å². The maximum absolute atomic E-state index is 4.48. The summed E-state index contributed by atoms with van der Waals surface area (Å²) >= 11 is 0. The van der Waals surface area contributed by atoms with E-state index in [1.54, 1.807) is 0 Å². The van der Waals surface area contributed by atoms with E-state index >= 15 is 0 Å². The number of aliphatic imine (C=N–C) groups is 2. The molecule has 0 saturated heterocycles. The van der Waals surface area contributed by atoms with Crippen LogP contribution < -0.4 is 37.2 Å². The number of pyridine rings is 1. The zero-order chi connectivity index (χ0) is 12.8. The quantitative estimate of drug-likeness (QED) is 0.474. The average molecular weight is 389 g/mol. The van der Waals surface area contributed by atoms with Crippen LogP contribution in [0.2, 0.25) is 0 Å². The molecule has 21 heavy (non-hydrogen) atoms. The fourth-order valence-electron chi connectivity index (χ4n) is 1.30. The van der Waals surface area contributed by atoms with Crippen molar-refractivity contribution < 1.29 is 55.8 Å². The second kappa shape index (κ2) is 14.9. The number of hydrogen-bond donors (Lipinski definition) is 0. The normalized spacial score (nSPS) is 10.0. The molecule has 121 valence electrons. The molecule has 1 heterocycles. The molecule has 0 fully saturated rings. The van der Waals surface area contributed by atoms with Crippen molar-refractivity contribution in [1.29, 1.82) is 0 Å². The molecule has 0 saturated carbocycles. The van der Waals surface area contributed by atoms with Crippen LogP contribution in [0, 0.1) is 6.92 Å². The first-order valence-corrected chi connectivity index (χ1v) is 6.02. The Bertz CT molecular complexity index is 399. The van der Waals surface area contributed by atoms with Crippen molar-refractivity contribution in [3.05, 3.63) is 29.1 Å². The third-order valence-electron chi connectivity index (χ3n) is 2.02. The average Bonchev–Trinajstić information content (AvgIpc) is 2.23. The molecule has 1 radical (unpaired) electrons. The maximum Gasteiger partial charge on any atom is 0.0818 e. The zero-order valence-corrected chi connectivity index (χ0v) is 16.6. The third-order valence-corrected chi connectivity index (χ3v) is 2.02. The van der Waals surface area contributed by atoms with Gasteiger partial charge in [-0.1, -0.05) is 0 Å². The summed E-state index contributed by atoms with van der Waals surface area (Å²) in [6.07, 6.45) is 3.65. The Labute approximate surface area is 158 Å². The molecule has 0 aromatic carbocycles. The Kier molecular flexibility index (Phi) is 20.5. The predicted molar refractivity (Wildman–Crippen MR) is 74.4 cm³/mol. The number of hydrogen-bond acceptors (Lipinski definition) is 3. The van der Waals surface area contributed by atoms with Crippen LogP contribution in [0.4, 0.5) is 0 Å². The SMILES string of the molecule is Cc1cc(C=NC(C)C)nc(C=NC(C)C)c1.[Cl-].[Cl-].[Cl-].[V]. The summed E-state index contributed by atoms with van der Waals surface area (Å²) in [4.78, 5) is 13.2. The molecule has 3 nitrogen and oxygen atoms in total. The van der Waals surface area contributed by atoms with Gasteiger partial charge in [0.05, 0.1) is 11.4 Å². The van der Waals surface area contributed by atoms with Crippen molar-refractivity contribution in [2.24, 2.45) is 9.98 Å². The second-order valence-corrected chi connectivity index (χ2v) is 4.74. The van der Waals surface area contributed by atoms with E-state index in [0.29, 0.717) is 12.1 Å². The van der Waals surface area contributed by atoms with Gasteiger partial charge in [0.2, 0.25) is 0 Å². The predicted octanol–water partition coefficient (Wildman–Crippen LogP) is -5.95. The summed E-state index contributed by atoms with van der Waals surface area (Å²) in [7, 11) is 0. The fraction of sp³-hybridized carbons (Fsp3) is 0.500. The van der Waals surface area contributed by atoms with Crippen LogP contribution in [0.5, 0.6) is 0 Å². The van der Waals surface area contributed by atoms with Gasteiger partial charge in [-0.3, -0.25) is 9.98 Å². The van der Waals surface area contributed by atoms with E-state index < -0.39 is 0 Å². The van der Waals surface area contributed by atoms with Crippen molar-refractivity contribution in [2.45, 2.75) is 46.7 Å². The summed E-state index contributed by atoms with van der Waals surface area (Å²) in [6, 6.07) is 4.65. The first kappa shape index (κ1) is 29.0. The zero-order valence-electron chi connectivity index (χ0n) is 12.9. The van der Waals surface area contributed by atoms with Gasteiger partial charge in [0.15, 0.2) is 0 Å². The van der Waals surface area contributed by atoms with E-state index in [1.807, 2.05) is 52.3 Å². The van der Waals surface area contributed by atoms with Crippen LogP contribution in [0.1, 0.15) is 44.6 Å². The van der Waals surface area contributed by atoms with Crippen LogP contribution in [0.3, 0.4) is 0 Å². The Morgan fingerprint density at radius 2 is 1.19 bits per heavy atom. The van der Waals surface area contributed by atoms with Crippen molar-refractivity contribution in [3.63, 3.8) is 0 Å². The van der Waals surface area contributed by atoms with Crippen LogP contribution in [-0.2, 0) is 18.6 Å². The summed E-state index contributed by atoms with van der Waals surface area (Å²) < 4.78 is 0. The molecule has 0 atom stereocenters. The Morgan fingerprint density at radius 1 is 0.857 bits per heavy atom. The van der Waals surface area contributed by atoms with Gasteiger partial charge in [-0.2, -0.15) is 0 Å². The number of aromatic nitrogens is 1. The molecule has 0 aliphatic heterocycles. The molecule has 7 heteroatoms.